The van der Waals surface area contributed by atoms with Crippen LogP contribution >= 0.6 is 27.3 Å². The van der Waals surface area contributed by atoms with Crippen LogP contribution in [0.25, 0.3) is 10.6 Å². The molecule has 0 fully saturated rings. The predicted octanol–water partition coefficient (Wildman–Crippen LogP) is 4.20. The van der Waals surface area contributed by atoms with Gasteiger partial charge in [0, 0.05) is 40.9 Å². The van der Waals surface area contributed by atoms with Gasteiger partial charge in [-0.1, -0.05) is 35.0 Å². The molecule has 0 saturated heterocycles. The van der Waals surface area contributed by atoms with Crippen LogP contribution in [0.4, 0.5) is 0 Å². The Labute approximate surface area is 148 Å². The molecule has 0 amide bonds. The zero-order chi connectivity index (χ0) is 16.1. The molecule has 3 aromatic rings. The van der Waals surface area contributed by atoms with Crippen molar-refractivity contribution in [2.24, 2.45) is 5.92 Å². The molecule has 0 radical (unpaired) electrons. The van der Waals surface area contributed by atoms with Crippen molar-refractivity contribution in [2.75, 3.05) is 6.54 Å². The number of hydrogen-bond donors (Lipinski definition) is 1. The first-order valence-electron chi connectivity index (χ1n) is 7.57. The molecule has 1 atom stereocenters. The Hall–Kier alpha value is -1.50. The molecule has 2 heterocycles. The third-order valence-corrected chi connectivity index (χ3v) is 4.94. The van der Waals surface area contributed by atoms with Crippen LogP contribution in [0.15, 0.2) is 52.8 Å². The fourth-order valence-corrected chi connectivity index (χ4v) is 3.62. The van der Waals surface area contributed by atoms with Crippen LogP contribution in [0, 0.1) is 5.92 Å². The van der Waals surface area contributed by atoms with E-state index in [-0.39, 0.29) is 0 Å². The third-order valence-electron chi connectivity index (χ3n) is 3.50. The van der Waals surface area contributed by atoms with Crippen molar-refractivity contribution in [1.82, 2.24) is 19.9 Å². The molecule has 4 nitrogen and oxygen atoms in total. The lowest BCUT2D eigenvalue weighted by atomic mass is 10.2. The van der Waals surface area contributed by atoms with Crippen LogP contribution in [0.3, 0.4) is 0 Å². The lowest BCUT2D eigenvalue weighted by molar-refractivity contribution is 0.444. The molecule has 0 aliphatic carbocycles. The molecule has 2 aromatic heterocycles. The van der Waals surface area contributed by atoms with Crippen molar-refractivity contribution in [1.29, 1.82) is 0 Å². The Balaban J connectivity index is 1.49. The zero-order valence-corrected chi connectivity index (χ0v) is 15.3. The number of halogens is 1. The summed E-state index contributed by atoms with van der Waals surface area (Å²) >= 11 is 5.20. The largest absolute Gasteiger partial charge is 0.337 e. The summed E-state index contributed by atoms with van der Waals surface area (Å²) in [4.78, 5) is 8.79. The first-order chi connectivity index (χ1) is 11.2. The van der Waals surface area contributed by atoms with Gasteiger partial charge in [0.2, 0.25) is 0 Å². The van der Waals surface area contributed by atoms with Gasteiger partial charge in [0.15, 0.2) is 0 Å². The first-order valence-corrected chi connectivity index (χ1v) is 9.25. The van der Waals surface area contributed by atoms with Crippen molar-refractivity contribution in [3.8, 4) is 10.6 Å². The fourth-order valence-electron chi connectivity index (χ4n) is 2.41. The van der Waals surface area contributed by atoms with Gasteiger partial charge in [0.25, 0.3) is 0 Å². The molecule has 0 aliphatic rings. The maximum atomic E-state index is 4.71. The number of imidazole rings is 1. The van der Waals surface area contributed by atoms with E-state index in [4.69, 9.17) is 4.98 Å². The summed E-state index contributed by atoms with van der Waals surface area (Å²) in [5, 5.41) is 6.68. The molecule has 1 N–H and O–H groups in total. The minimum absolute atomic E-state index is 0.549. The number of benzene rings is 1. The average molecular weight is 391 g/mol. The van der Waals surface area contributed by atoms with Crippen molar-refractivity contribution in [3.05, 3.63) is 58.5 Å². The van der Waals surface area contributed by atoms with Gasteiger partial charge in [-0.2, -0.15) is 0 Å². The molecule has 1 aromatic carbocycles. The van der Waals surface area contributed by atoms with Gasteiger partial charge < -0.3 is 9.88 Å². The Morgan fingerprint density at radius 1 is 1.39 bits per heavy atom. The lowest BCUT2D eigenvalue weighted by Crippen LogP contribution is -2.23. The quantitative estimate of drug-likeness (QED) is 0.657. The number of aromatic nitrogens is 3. The predicted molar refractivity (Wildman–Crippen MR) is 98.3 cm³/mol. The maximum Gasteiger partial charge on any atom is 0.123 e. The van der Waals surface area contributed by atoms with Gasteiger partial charge in [-0.15, -0.1) is 11.3 Å². The normalized spacial score (nSPS) is 12.4. The molecule has 120 valence electrons. The molecule has 0 saturated carbocycles. The number of nitrogens with zero attached hydrogens (tertiary/aromatic N) is 3. The van der Waals surface area contributed by atoms with Crippen LogP contribution in [0.2, 0.25) is 0 Å². The van der Waals surface area contributed by atoms with E-state index >= 15 is 0 Å². The Kier molecular flexibility index (Phi) is 5.59. The standard InChI is InChI=1S/C17H19BrN4S/c1-13(10-22-6-5-19-12-22)8-20-9-16-11-23-17(21-16)14-3-2-4-15(18)7-14/h2-7,11-13,20H,8-10H2,1H3. The van der Waals surface area contributed by atoms with Crippen molar-refractivity contribution in [2.45, 2.75) is 20.0 Å². The first kappa shape index (κ1) is 16.4. The minimum Gasteiger partial charge on any atom is -0.337 e. The smallest absolute Gasteiger partial charge is 0.123 e. The highest BCUT2D eigenvalue weighted by Gasteiger charge is 2.07. The molecule has 0 aliphatic heterocycles. The molecule has 23 heavy (non-hydrogen) atoms. The van der Waals surface area contributed by atoms with Crippen molar-refractivity contribution in [3.63, 3.8) is 0 Å². The second-order valence-electron chi connectivity index (χ2n) is 5.65. The summed E-state index contributed by atoms with van der Waals surface area (Å²) in [6.07, 6.45) is 5.68. The zero-order valence-electron chi connectivity index (χ0n) is 12.9. The van der Waals surface area contributed by atoms with Crippen molar-refractivity contribution < 1.29 is 0 Å². The highest BCUT2D eigenvalue weighted by molar-refractivity contribution is 9.10. The number of hydrogen-bond acceptors (Lipinski definition) is 4. The summed E-state index contributed by atoms with van der Waals surface area (Å²) in [5.41, 5.74) is 2.25. The second kappa shape index (κ2) is 7.86. The minimum atomic E-state index is 0.549. The highest BCUT2D eigenvalue weighted by atomic mass is 79.9. The molecule has 0 spiro atoms. The van der Waals surface area contributed by atoms with E-state index in [0.29, 0.717) is 5.92 Å². The SMILES string of the molecule is CC(CNCc1csc(-c2cccc(Br)c2)n1)Cn1ccnc1. The van der Waals surface area contributed by atoms with Crippen molar-refractivity contribution >= 4 is 27.3 Å². The van der Waals surface area contributed by atoms with E-state index < -0.39 is 0 Å². The van der Waals surface area contributed by atoms with Crippen LogP contribution in [-0.4, -0.2) is 21.1 Å². The summed E-state index contributed by atoms with van der Waals surface area (Å²) in [6.45, 7) is 4.98. The third kappa shape index (κ3) is 4.73. The van der Waals surface area contributed by atoms with Crippen LogP contribution in [0.1, 0.15) is 12.6 Å². The maximum absolute atomic E-state index is 4.71. The summed E-state index contributed by atoms with van der Waals surface area (Å²) in [7, 11) is 0. The summed E-state index contributed by atoms with van der Waals surface area (Å²) in [5.74, 6) is 0.549. The van der Waals surface area contributed by atoms with E-state index in [0.717, 1.165) is 40.4 Å². The van der Waals surface area contributed by atoms with Gasteiger partial charge in [-0.25, -0.2) is 9.97 Å². The molecule has 6 heteroatoms. The van der Waals surface area contributed by atoms with Crippen LogP contribution in [0.5, 0.6) is 0 Å². The van der Waals surface area contributed by atoms with Gasteiger partial charge in [-0.05, 0) is 24.6 Å². The lowest BCUT2D eigenvalue weighted by Gasteiger charge is -2.12. The van der Waals surface area contributed by atoms with E-state index in [9.17, 15) is 0 Å². The highest BCUT2D eigenvalue weighted by Crippen LogP contribution is 2.26. The van der Waals surface area contributed by atoms with Gasteiger partial charge >= 0.3 is 0 Å². The van der Waals surface area contributed by atoms with E-state index in [1.54, 1.807) is 11.3 Å². The second-order valence-corrected chi connectivity index (χ2v) is 7.42. The molecule has 1 unspecified atom stereocenters. The Morgan fingerprint density at radius 3 is 3.09 bits per heavy atom. The molecular weight excluding hydrogens is 372 g/mol. The summed E-state index contributed by atoms with van der Waals surface area (Å²) in [6, 6.07) is 8.26. The monoisotopic (exact) mass is 390 g/mol. The molecular formula is C17H19BrN4S. The molecule has 3 rings (SSSR count). The fraction of sp³-hybridized carbons (Fsp3) is 0.294. The molecule has 0 bridgehead atoms. The Bertz CT molecular complexity index is 739. The topological polar surface area (TPSA) is 42.7 Å². The van der Waals surface area contributed by atoms with Gasteiger partial charge in [0.1, 0.15) is 5.01 Å². The van der Waals surface area contributed by atoms with E-state index in [2.05, 4.69) is 55.2 Å². The van der Waals surface area contributed by atoms with Gasteiger partial charge in [0.05, 0.1) is 12.0 Å². The van der Waals surface area contributed by atoms with Crippen LogP contribution < -0.4 is 5.32 Å². The van der Waals surface area contributed by atoms with E-state index in [1.807, 2.05) is 30.9 Å². The summed E-state index contributed by atoms with van der Waals surface area (Å²) < 4.78 is 3.19. The Morgan fingerprint density at radius 2 is 2.30 bits per heavy atom. The average Bonchev–Trinajstić information content (AvgIpc) is 3.19. The number of nitrogens with one attached hydrogen (secondary N) is 1. The number of rotatable bonds is 7. The van der Waals surface area contributed by atoms with E-state index in [1.165, 1.54) is 0 Å². The number of thiazole rings is 1. The van der Waals surface area contributed by atoms with Crippen LogP contribution in [-0.2, 0) is 13.1 Å². The van der Waals surface area contributed by atoms with Gasteiger partial charge in [-0.3, -0.25) is 0 Å².